The van der Waals surface area contributed by atoms with E-state index in [-0.39, 0.29) is 19.2 Å². The van der Waals surface area contributed by atoms with Crippen LogP contribution in [0.25, 0.3) is 0 Å². The molecular weight excluding hydrogens is 377 g/mol. The fraction of sp³-hybridized carbons (Fsp3) is 0.588. The van der Waals surface area contributed by atoms with Gasteiger partial charge in [-0.25, -0.2) is 14.8 Å². The van der Waals surface area contributed by atoms with Gasteiger partial charge in [0.1, 0.15) is 12.2 Å². The first kappa shape index (κ1) is 21.6. The Morgan fingerprint density at radius 1 is 1.43 bits per heavy atom. The van der Waals surface area contributed by atoms with Crippen molar-refractivity contribution in [2.75, 3.05) is 32.8 Å². The van der Waals surface area contributed by atoms with Crippen LogP contribution in [-0.4, -0.2) is 60.7 Å². The molecule has 11 heteroatoms. The van der Waals surface area contributed by atoms with Crippen molar-refractivity contribution in [2.24, 2.45) is 10.7 Å². The highest BCUT2D eigenvalue weighted by Crippen LogP contribution is 2.34. The second-order valence-electron chi connectivity index (χ2n) is 6.21. The number of pyridine rings is 1. The van der Waals surface area contributed by atoms with Gasteiger partial charge in [-0.15, -0.1) is 0 Å². The normalized spacial score (nSPS) is 16.0. The molecule has 1 saturated heterocycles. The number of hydrogen-bond acceptors (Lipinski definition) is 4. The number of aliphatic imine (C=N–C) groups is 1. The molecule has 28 heavy (non-hydrogen) atoms. The number of ether oxygens (including phenoxy) is 1. The van der Waals surface area contributed by atoms with Gasteiger partial charge in [0.15, 0.2) is 5.96 Å². The first-order valence-electron chi connectivity index (χ1n) is 9.05. The maximum atomic E-state index is 12.9. The Balaban J connectivity index is 1.86. The van der Waals surface area contributed by atoms with Gasteiger partial charge >= 0.3 is 12.2 Å². The lowest BCUT2D eigenvalue weighted by Gasteiger charge is -2.32. The summed E-state index contributed by atoms with van der Waals surface area (Å²) in [5.41, 5.74) is 4.36. The van der Waals surface area contributed by atoms with Gasteiger partial charge in [0, 0.05) is 31.9 Å². The second kappa shape index (κ2) is 10.00. The molecule has 0 unspecified atom stereocenters. The zero-order valence-corrected chi connectivity index (χ0v) is 15.6. The van der Waals surface area contributed by atoms with Crippen molar-refractivity contribution in [1.82, 2.24) is 20.5 Å². The predicted molar refractivity (Wildman–Crippen MR) is 98.0 cm³/mol. The molecule has 2 amide bonds. The lowest BCUT2D eigenvalue weighted by atomic mass is 10.1. The number of piperidine rings is 1. The smallest absolute Gasteiger partial charge is 0.421 e. The topological polar surface area (TPSA) is 105 Å². The molecular formula is C17H25F3N6O2. The quantitative estimate of drug-likeness (QED) is 0.381. The van der Waals surface area contributed by atoms with Gasteiger partial charge in [-0.2, -0.15) is 13.2 Å². The van der Waals surface area contributed by atoms with Crippen LogP contribution in [0.3, 0.4) is 0 Å². The number of likely N-dealkylation sites (tertiary alicyclic amines) is 1. The number of alkyl halides is 3. The number of guanidine groups is 1. The van der Waals surface area contributed by atoms with E-state index in [4.69, 9.17) is 10.5 Å². The molecule has 156 valence electrons. The van der Waals surface area contributed by atoms with Crippen molar-refractivity contribution in [3.05, 3.63) is 23.9 Å². The third-order valence-corrected chi connectivity index (χ3v) is 4.17. The summed E-state index contributed by atoms with van der Waals surface area (Å²) >= 11 is 0. The van der Waals surface area contributed by atoms with E-state index in [0.717, 1.165) is 18.9 Å². The van der Waals surface area contributed by atoms with Crippen LogP contribution < -0.4 is 21.1 Å². The van der Waals surface area contributed by atoms with Gasteiger partial charge in [-0.3, -0.25) is 0 Å². The van der Waals surface area contributed by atoms with E-state index in [9.17, 15) is 18.0 Å². The van der Waals surface area contributed by atoms with E-state index in [0.29, 0.717) is 25.6 Å². The molecule has 0 bridgehead atoms. The van der Waals surface area contributed by atoms with Gasteiger partial charge in [-0.05, 0) is 31.9 Å². The van der Waals surface area contributed by atoms with E-state index in [1.807, 2.05) is 6.92 Å². The molecule has 0 radical (unpaired) electrons. The third kappa shape index (κ3) is 6.46. The largest absolute Gasteiger partial charge is 0.475 e. The van der Waals surface area contributed by atoms with Gasteiger partial charge in [-0.1, -0.05) is 0 Å². The minimum atomic E-state index is -4.52. The molecule has 2 heterocycles. The van der Waals surface area contributed by atoms with E-state index in [1.165, 1.54) is 12.3 Å². The fourth-order valence-corrected chi connectivity index (χ4v) is 2.78. The van der Waals surface area contributed by atoms with Crippen LogP contribution in [0, 0.1) is 0 Å². The number of primary amides is 1. The zero-order chi connectivity index (χ0) is 20.6. The number of amides is 2. The van der Waals surface area contributed by atoms with E-state index in [1.54, 1.807) is 4.90 Å². The number of urea groups is 1. The predicted octanol–water partition coefficient (Wildman–Crippen LogP) is 1.58. The molecule has 0 aliphatic carbocycles. The zero-order valence-electron chi connectivity index (χ0n) is 15.6. The highest BCUT2D eigenvalue weighted by atomic mass is 19.4. The Bertz CT molecular complexity index is 675. The van der Waals surface area contributed by atoms with Crippen LogP contribution in [0.15, 0.2) is 23.3 Å². The summed E-state index contributed by atoms with van der Waals surface area (Å²) in [6.45, 7) is 3.78. The van der Waals surface area contributed by atoms with Crippen LogP contribution in [0.5, 0.6) is 5.88 Å². The molecule has 0 atom stereocenters. The summed E-state index contributed by atoms with van der Waals surface area (Å²) in [7, 11) is 0. The van der Waals surface area contributed by atoms with Crippen molar-refractivity contribution >= 4 is 12.0 Å². The Morgan fingerprint density at radius 3 is 2.75 bits per heavy atom. The van der Waals surface area contributed by atoms with E-state index < -0.39 is 23.7 Å². The molecule has 4 N–H and O–H groups in total. The van der Waals surface area contributed by atoms with Crippen LogP contribution >= 0.6 is 0 Å². The van der Waals surface area contributed by atoms with Crippen molar-refractivity contribution in [1.29, 1.82) is 0 Å². The van der Waals surface area contributed by atoms with Gasteiger partial charge in [0.2, 0.25) is 5.88 Å². The molecule has 1 aliphatic heterocycles. The fourth-order valence-electron chi connectivity index (χ4n) is 2.78. The molecule has 0 spiro atoms. The number of nitrogens with one attached hydrogen (secondary N) is 2. The minimum Gasteiger partial charge on any atom is -0.475 e. The second-order valence-corrected chi connectivity index (χ2v) is 6.21. The number of carbonyl (C=O) groups excluding carboxylic acids is 1. The summed E-state index contributed by atoms with van der Waals surface area (Å²) in [4.78, 5) is 20.7. The Labute approximate surface area is 161 Å². The summed E-state index contributed by atoms with van der Waals surface area (Å²) in [5, 5.41) is 6.34. The average Bonchev–Trinajstić information content (AvgIpc) is 2.65. The first-order chi connectivity index (χ1) is 13.3. The van der Waals surface area contributed by atoms with Crippen molar-refractivity contribution in [3.8, 4) is 5.88 Å². The third-order valence-electron chi connectivity index (χ3n) is 4.17. The molecule has 8 nitrogen and oxygen atoms in total. The Hall–Kier alpha value is -2.72. The Kier molecular flexibility index (Phi) is 7.70. The minimum absolute atomic E-state index is 0.0449. The number of halogens is 3. The summed E-state index contributed by atoms with van der Waals surface area (Å²) in [6.07, 6.45) is -1.82. The first-order valence-corrected chi connectivity index (χ1v) is 9.05. The lowest BCUT2D eigenvalue weighted by Crippen LogP contribution is -2.50. The van der Waals surface area contributed by atoms with Crippen molar-refractivity contribution in [2.45, 2.75) is 32.0 Å². The molecule has 0 aromatic carbocycles. The monoisotopic (exact) mass is 402 g/mol. The molecule has 2 rings (SSSR count). The maximum absolute atomic E-state index is 12.9. The average molecular weight is 402 g/mol. The molecule has 1 aromatic heterocycles. The summed E-state index contributed by atoms with van der Waals surface area (Å²) in [6, 6.07) is 1.84. The van der Waals surface area contributed by atoms with E-state index in [2.05, 4.69) is 20.6 Å². The number of nitrogens with zero attached hydrogens (tertiary/aromatic N) is 3. The molecule has 1 aliphatic rings. The molecule has 1 fully saturated rings. The standard InChI is InChI=1S/C17H25F3N6O2/c1-2-22-16(25-12-5-9-26(10-6-12)15(21)27)24-8-11-28-14-13(17(18,19)20)4-3-7-23-14/h3-4,7,12H,2,5-6,8-11H2,1H3,(H2,21,27)(H2,22,24,25). The lowest BCUT2D eigenvalue weighted by molar-refractivity contribution is -0.139. The highest BCUT2D eigenvalue weighted by molar-refractivity contribution is 5.80. The highest BCUT2D eigenvalue weighted by Gasteiger charge is 2.35. The van der Waals surface area contributed by atoms with Crippen molar-refractivity contribution < 1.29 is 22.7 Å². The van der Waals surface area contributed by atoms with Gasteiger partial charge < -0.3 is 26.0 Å². The van der Waals surface area contributed by atoms with Crippen LogP contribution in [-0.2, 0) is 6.18 Å². The molecule has 0 saturated carbocycles. The Morgan fingerprint density at radius 2 is 2.14 bits per heavy atom. The SMILES string of the molecule is CCNC(=NCCOc1ncccc1C(F)(F)F)NC1CCN(C(N)=O)CC1. The van der Waals surface area contributed by atoms with Crippen LogP contribution in [0.1, 0.15) is 25.3 Å². The molecule has 1 aromatic rings. The van der Waals surface area contributed by atoms with E-state index >= 15 is 0 Å². The van der Waals surface area contributed by atoms with Crippen LogP contribution in [0.4, 0.5) is 18.0 Å². The number of rotatable bonds is 6. The van der Waals surface area contributed by atoms with Gasteiger partial charge in [0.05, 0.1) is 6.54 Å². The number of carbonyl (C=O) groups is 1. The van der Waals surface area contributed by atoms with Crippen LogP contribution in [0.2, 0.25) is 0 Å². The number of nitrogens with two attached hydrogens (primary N) is 1. The summed E-state index contributed by atoms with van der Waals surface area (Å²) < 4.78 is 43.9. The maximum Gasteiger partial charge on any atom is 0.421 e. The number of hydrogen-bond donors (Lipinski definition) is 3. The van der Waals surface area contributed by atoms with Gasteiger partial charge in [0.25, 0.3) is 0 Å². The number of aromatic nitrogens is 1. The summed E-state index contributed by atoms with van der Waals surface area (Å²) in [5.74, 6) is 0.0858. The van der Waals surface area contributed by atoms with Crippen molar-refractivity contribution in [3.63, 3.8) is 0 Å².